The van der Waals surface area contributed by atoms with Gasteiger partial charge in [-0.1, -0.05) is 17.7 Å². The minimum atomic E-state index is -3.78. The Balaban J connectivity index is 2.56. The van der Waals surface area contributed by atoms with Gasteiger partial charge in [0.05, 0.1) is 0 Å². The SMILES string of the molecule is Cc1ccc(NC(=O)CS(=O)(=O)CC(=O)NC(C)C)cc1. The molecule has 116 valence electrons. The first-order valence-corrected chi connectivity index (χ1v) is 8.36. The maximum Gasteiger partial charge on any atom is 0.239 e. The van der Waals surface area contributed by atoms with E-state index in [1.807, 2.05) is 6.92 Å². The predicted octanol–water partition coefficient (Wildman–Crippen LogP) is 0.873. The van der Waals surface area contributed by atoms with E-state index in [1.165, 1.54) is 0 Å². The van der Waals surface area contributed by atoms with Gasteiger partial charge in [-0.25, -0.2) is 8.42 Å². The van der Waals surface area contributed by atoms with Gasteiger partial charge in [0.1, 0.15) is 11.5 Å². The number of anilines is 1. The van der Waals surface area contributed by atoms with Crippen molar-refractivity contribution < 1.29 is 18.0 Å². The van der Waals surface area contributed by atoms with Crippen molar-refractivity contribution in [3.05, 3.63) is 29.8 Å². The number of amides is 2. The summed E-state index contributed by atoms with van der Waals surface area (Å²) < 4.78 is 23.5. The number of hydrogen-bond acceptors (Lipinski definition) is 4. The van der Waals surface area contributed by atoms with Crippen LogP contribution in [0.15, 0.2) is 24.3 Å². The minimum Gasteiger partial charge on any atom is -0.353 e. The van der Waals surface area contributed by atoms with Crippen LogP contribution in [0.25, 0.3) is 0 Å². The summed E-state index contributed by atoms with van der Waals surface area (Å²) in [4.78, 5) is 23.1. The molecule has 7 heteroatoms. The molecule has 0 saturated heterocycles. The van der Waals surface area contributed by atoms with Crippen LogP contribution in [0.2, 0.25) is 0 Å². The highest BCUT2D eigenvalue weighted by Gasteiger charge is 2.21. The lowest BCUT2D eigenvalue weighted by molar-refractivity contribution is -0.119. The summed E-state index contributed by atoms with van der Waals surface area (Å²) in [5, 5.41) is 4.97. The zero-order valence-electron chi connectivity index (χ0n) is 12.3. The molecule has 21 heavy (non-hydrogen) atoms. The van der Waals surface area contributed by atoms with E-state index in [2.05, 4.69) is 10.6 Å². The fourth-order valence-corrected chi connectivity index (χ4v) is 2.70. The van der Waals surface area contributed by atoms with Crippen molar-refractivity contribution in [1.82, 2.24) is 5.32 Å². The van der Waals surface area contributed by atoms with Gasteiger partial charge in [0.15, 0.2) is 9.84 Å². The monoisotopic (exact) mass is 312 g/mol. The van der Waals surface area contributed by atoms with Crippen LogP contribution >= 0.6 is 0 Å². The Morgan fingerprint density at radius 3 is 2.10 bits per heavy atom. The fraction of sp³-hybridized carbons (Fsp3) is 0.429. The number of aryl methyl sites for hydroxylation is 1. The zero-order valence-corrected chi connectivity index (χ0v) is 13.2. The summed E-state index contributed by atoms with van der Waals surface area (Å²) in [6, 6.07) is 6.84. The quantitative estimate of drug-likeness (QED) is 0.815. The number of carbonyl (C=O) groups excluding carboxylic acids is 2. The molecule has 1 aromatic rings. The lowest BCUT2D eigenvalue weighted by atomic mass is 10.2. The molecule has 1 aromatic carbocycles. The molecule has 6 nitrogen and oxygen atoms in total. The van der Waals surface area contributed by atoms with Crippen molar-refractivity contribution in [2.45, 2.75) is 26.8 Å². The summed E-state index contributed by atoms with van der Waals surface area (Å²) in [6.07, 6.45) is 0. The third-order valence-corrected chi connectivity index (χ3v) is 3.89. The lowest BCUT2D eigenvalue weighted by Crippen LogP contribution is -2.37. The first-order valence-electron chi connectivity index (χ1n) is 6.54. The van der Waals surface area contributed by atoms with E-state index in [1.54, 1.807) is 38.1 Å². The molecular formula is C14H20N2O4S. The molecule has 0 aliphatic heterocycles. The summed E-state index contributed by atoms with van der Waals surface area (Å²) in [5.41, 5.74) is 1.55. The van der Waals surface area contributed by atoms with E-state index in [4.69, 9.17) is 0 Å². The van der Waals surface area contributed by atoms with E-state index in [9.17, 15) is 18.0 Å². The summed E-state index contributed by atoms with van der Waals surface area (Å²) >= 11 is 0. The van der Waals surface area contributed by atoms with Crippen LogP contribution in [0.4, 0.5) is 5.69 Å². The second-order valence-electron chi connectivity index (χ2n) is 5.17. The van der Waals surface area contributed by atoms with Crippen molar-refractivity contribution in [1.29, 1.82) is 0 Å². The Hall–Kier alpha value is -1.89. The van der Waals surface area contributed by atoms with E-state index in [0.717, 1.165) is 5.56 Å². The van der Waals surface area contributed by atoms with Crippen LogP contribution < -0.4 is 10.6 Å². The molecule has 0 heterocycles. The fourth-order valence-electron chi connectivity index (χ4n) is 1.65. The van der Waals surface area contributed by atoms with E-state index in [-0.39, 0.29) is 6.04 Å². The highest BCUT2D eigenvalue weighted by atomic mass is 32.2. The molecule has 0 bridgehead atoms. The van der Waals surface area contributed by atoms with E-state index < -0.39 is 33.2 Å². The lowest BCUT2D eigenvalue weighted by Gasteiger charge is -2.09. The maximum absolute atomic E-state index is 11.8. The van der Waals surface area contributed by atoms with Gasteiger partial charge >= 0.3 is 0 Å². The van der Waals surface area contributed by atoms with Gasteiger partial charge in [-0.2, -0.15) is 0 Å². The van der Waals surface area contributed by atoms with Gasteiger partial charge in [0.2, 0.25) is 11.8 Å². The Labute approximate surface area is 124 Å². The molecule has 0 saturated carbocycles. The Morgan fingerprint density at radius 2 is 1.57 bits per heavy atom. The van der Waals surface area contributed by atoms with Crippen LogP contribution in [0.3, 0.4) is 0 Å². The minimum absolute atomic E-state index is 0.144. The van der Waals surface area contributed by atoms with Gasteiger partial charge in [0, 0.05) is 11.7 Å². The predicted molar refractivity (Wildman–Crippen MR) is 81.7 cm³/mol. The van der Waals surface area contributed by atoms with Crippen molar-refractivity contribution in [2.24, 2.45) is 0 Å². The van der Waals surface area contributed by atoms with Gasteiger partial charge in [-0.3, -0.25) is 9.59 Å². The van der Waals surface area contributed by atoms with Gasteiger partial charge in [0.25, 0.3) is 0 Å². The first-order chi connectivity index (χ1) is 9.68. The molecule has 2 N–H and O–H groups in total. The summed E-state index contributed by atoms with van der Waals surface area (Å²) in [5.74, 6) is -2.66. The molecule has 0 aliphatic rings. The second-order valence-corrected chi connectivity index (χ2v) is 7.23. The van der Waals surface area contributed by atoms with Gasteiger partial charge in [-0.05, 0) is 32.9 Å². The highest BCUT2D eigenvalue weighted by molar-refractivity contribution is 7.92. The third kappa shape index (κ3) is 6.89. The number of benzene rings is 1. The van der Waals surface area contributed by atoms with Crippen molar-refractivity contribution in [2.75, 3.05) is 16.8 Å². The molecular weight excluding hydrogens is 292 g/mol. The van der Waals surface area contributed by atoms with Crippen molar-refractivity contribution in [3.8, 4) is 0 Å². The first kappa shape index (κ1) is 17.2. The Bertz CT molecular complexity index is 606. The molecule has 1 rings (SSSR count). The number of rotatable bonds is 6. The zero-order chi connectivity index (χ0) is 16.0. The molecule has 0 aliphatic carbocycles. The molecule has 0 unspecified atom stereocenters. The van der Waals surface area contributed by atoms with Crippen LogP contribution in [0.5, 0.6) is 0 Å². The van der Waals surface area contributed by atoms with Crippen molar-refractivity contribution >= 4 is 27.3 Å². The van der Waals surface area contributed by atoms with E-state index in [0.29, 0.717) is 5.69 Å². The molecule has 0 spiro atoms. The molecule has 2 amide bonds. The number of nitrogens with one attached hydrogen (secondary N) is 2. The maximum atomic E-state index is 11.8. The Kier molecular flexibility index (Phi) is 5.90. The number of sulfone groups is 1. The molecule has 0 atom stereocenters. The van der Waals surface area contributed by atoms with Crippen LogP contribution in [0, 0.1) is 6.92 Å². The summed E-state index contributed by atoms with van der Waals surface area (Å²) in [6.45, 7) is 5.37. The standard InChI is InChI=1S/C14H20N2O4S/c1-10(2)15-13(17)8-21(19,20)9-14(18)16-12-6-4-11(3)5-7-12/h4-7,10H,8-9H2,1-3H3,(H,15,17)(H,16,18). The van der Waals surface area contributed by atoms with Crippen LogP contribution in [0.1, 0.15) is 19.4 Å². The highest BCUT2D eigenvalue weighted by Crippen LogP contribution is 2.08. The van der Waals surface area contributed by atoms with Crippen molar-refractivity contribution in [3.63, 3.8) is 0 Å². The number of carbonyl (C=O) groups is 2. The number of hydrogen-bond donors (Lipinski definition) is 2. The van der Waals surface area contributed by atoms with Gasteiger partial charge < -0.3 is 10.6 Å². The topological polar surface area (TPSA) is 92.3 Å². The average Bonchev–Trinajstić information content (AvgIpc) is 2.29. The van der Waals surface area contributed by atoms with Gasteiger partial charge in [-0.15, -0.1) is 0 Å². The molecule has 0 radical (unpaired) electrons. The normalized spacial score (nSPS) is 11.2. The van der Waals surface area contributed by atoms with Crippen LogP contribution in [-0.2, 0) is 19.4 Å². The Morgan fingerprint density at radius 1 is 1.05 bits per heavy atom. The summed E-state index contributed by atoms with van der Waals surface area (Å²) in [7, 11) is -3.78. The third-order valence-electron chi connectivity index (χ3n) is 2.49. The largest absolute Gasteiger partial charge is 0.353 e. The average molecular weight is 312 g/mol. The molecule has 0 fully saturated rings. The smallest absolute Gasteiger partial charge is 0.239 e. The molecule has 0 aromatic heterocycles. The van der Waals surface area contributed by atoms with E-state index >= 15 is 0 Å². The van der Waals surface area contributed by atoms with Crippen LogP contribution in [-0.4, -0.2) is 37.8 Å². The second kappa shape index (κ2) is 7.21.